The van der Waals surface area contributed by atoms with Crippen LogP contribution in [-0.2, 0) is 4.79 Å². The van der Waals surface area contributed by atoms with E-state index in [0.717, 1.165) is 75.7 Å². The second-order valence-corrected chi connectivity index (χ2v) is 13.1. The molecule has 7 rings (SSSR count). The molecule has 4 fully saturated rings. The monoisotopic (exact) mass is 544 g/mol. The first-order chi connectivity index (χ1) is 19.5. The van der Waals surface area contributed by atoms with E-state index in [1.54, 1.807) is 6.07 Å². The van der Waals surface area contributed by atoms with Gasteiger partial charge in [0.15, 0.2) is 0 Å². The number of halogens is 1. The van der Waals surface area contributed by atoms with E-state index < -0.39 is 11.4 Å². The summed E-state index contributed by atoms with van der Waals surface area (Å²) in [5.74, 6) is -0.229. The maximum Gasteiger partial charge on any atom is 0.310 e. The summed E-state index contributed by atoms with van der Waals surface area (Å²) in [5, 5.41) is 10.3. The van der Waals surface area contributed by atoms with Crippen molar-refractivity contribution < 1.29 is 14.3 Å². The highest BCUT2D eigenvalue weighted by Crippen LogP contribution is 2.45. The van der Waals surface area contributed by atoms with Gasteiger partial charge in [0.2, 0.25) is 0 Å². The topological polar surface area (TPSA) is 61.6 Å². The minimum atomic E-state index is -0.634. The van der Waals surface area contributed by atoms with Crippen molar-refractivity contribution in [1.82, 2.24) is 19.4 Å². The maximum absolute atomic E-state index is 14.4. The van der Waals surface area contributed by atoms with Gasteiger partial charge >= 0.3 is 5.97 Å². The zero-order chi connectivity index (χ0) is 27.3. The van der Waals surface area contributed by atoms with Crippen molar-refractivity contribution in [2.45, 2.75) is 81.8 Å². The van der Waals surface area contributed by atoms with Crippen molar-refractivity contribution in [2.75, 3.05) is 26.2 Å². The molecule has 3 saturated heterocycles. The summed E-state index contributed by atoms with van der Waals surface area (Å²) in [7, 11) is 0. The number of carbonyl (C=O) groups is 1. The molecule has 7 heteroatoms. The van der Waals surface area contributed by atoms with Crippen molar-refractivity contribution in [2.24, 2.45) is 11.3 Å². The predicted molar refractivity (Wildman–Crippen MR) is 154 cm³/mol. The van der Waals surface area contributed by atoms with Gasteiger partial charge in [0.25, 0.3) is 0 Å². The lowest BCUT2D eigenvalue weighted by molar-refractivity contribution is -0.152. The largest absolute Gasteiger partial charge is 0.481 e. The summed E-state index contributed by atoms with van der Waals surface area (Å²) in [6.45, 7) is 3.33. The van der Waals surface area contributed by atoms with Gasteiger partial charge in [0, 0.05) is 50.2 Å². The van der Waals surface area contributed by atoms with Gasteiger partial charge in [-0.3, -0.25) is 9.69 Å². The van der Waals surface area contributed by atoms with Gasteiger partial charge < -0.3 is 14.6 Å². The number of likely N-dealkylation sites (tertiary alicyclic amines) is 1. The van der Waals surface area contributed by atoms with Crippen LogP contribution in [0.5, 0.6) is 0 Å². The number of piperidine rings is 1. The lowest BCUT2D eigenvalue weighted by Gasteiger charge is -2.41. The van der Waals surface area contributed by atoms with Crippen molar-refractivity contribution in [1.29, 1.82) is 0 Å². The molecule has 1 aliphatic carbocycles. The highest BCUT2D eigenvalue weighted by atomic mass is 19.1. The Morgan fingerprint density at radius 3 is 2.50 bits per heavy atom. The Morgan fingerprint density at radius 2 is 1.75 bits per heavy atom. The zero-order valence-corrected chi connectivity index (χ0v) is 23.3. The molecular weight excluding hydrogens is 503 g/mol. The molecule has 4 aliphatic rings. The van der Waals surface area contributed by atoms with Crippen LogP contribution >= 0.6 is 0 Å². The summed E-state index contributed by atoms with van der Waals surface area (Å²) in [6.07, 6.45) is 11.5. The van der Waals surface area contributed by atoms with Crippen molar-refractivity contribution in [3.63, 3.8) is 0 Å². The lowest BCUT2D eigenvalue weighted by Crippen LogP contribution is -2.47. The molecule has 0 spiro atoms. The van der Waals surface area contributed by atoms with Crippen molar-refractivity contribution >= 4 is 17.0 Å². The number of carboxylic acid groups (broad SMARTS) is 1. The predicted octanol–water partition coefficient (Wildman–Crippen LogP) is 6.09. The van der Waals surface area contributed by atoms with Gasteiger partial charge in [-0.15, -0.1) is 0 Å². The number of para-hydroxylation sites is 2. The first-order valence-corrected chi connectivity index (χ1v) is 15.4. The van der Waals surface area contributed by atoms with E-state index in [0.29, 0.717) is 30.6 Å². The highest BCUT2D eigenvalue weighted by Gasteiger charge is 2.47. The van der Waals surface area contributed by atoms with Crippen LogP contribution < -0.4 is 0 Å². The number of benzene rings is 2. The molecule has 2 bridgehead atoms. The molecule has 2 aromatic carbocycles. The van der Waals surface area contributed by atoms with Crippen molar-refractivity contribution in [3.05, 3.63) is 66.2 Å². The first kappa shape index (κ1) is 26.1. The smallest absolute Gasteiger partial charge is 0.310 e. The molecule has 0 amide bonds. The third-order valence-corrected chi connectivity index (χ3v) is 10.8. The summed E-state index contributed by atoms with van der Waals surface area (Å²) in [5.41, 5.74) is 2.73. The number of hydrogen-bond donors (Lipinski definition) is 1. The van der Waals surface area contributed by atoms with Crippen LogP contribution in [-0.4, -0.2) is 68.7 Å². The van der Waals surface area contributed by atoms with E-state index in [1.807, 2.05) is 12.4 Å². The Labute approximate surface area is 236 Å². The molecule has 212 valence electrons. The minimum Gasteiger partial charge on any atom is -0.481 e. The van der Waals surface area contributed by atoms with Crippen LogP contribution in [0.1, 0.15) is 75.3 Å². The Kier molecular flexibility index (Phi) is 6.91. The Bertz CT molecular complexity index is 1350. The van der Waals surface area contributed by atoms with Crippen LogP contribution in [0.15, 0.2) is 54.9 Å². The molecule has 1 aromatic heterocycles. The van der Waals surface area contributed by atoms with Crippen molar-refractivity contribution in [3.8, 4) is 0 Å². The Hall–Kier alpha value is -2.77. The molecule has 5 atom stereocenters. The van der Waals surface area contributed by atoms with Gasteiger partial charge in [-0.2, -0.15) is 0 Å². The maximum atomic E-state index is 14.4. The summed E-state index contributed by atoms with van der Waals surface area (Å²) < 4.78 is 16.8. The average Bonchev–Trinajstić information content (AvgIpc) is 3.63. The molecule has 40 heavy (non-hydrogen) atoms. The second kappa shape index (κ2) is 10.6. The fraction of sp³-hybridized carbons (Fsp3) is 0.576. The van der Waals surface area contributed by atoms with E-state index in [9.17, 15) is 14.3 Å². The molecular formula is C33H41FN4O2. The quantitative estimate of drug-likeness (QED) is 0.390. The zero-order valence-electron chi connectivity index (χ0n) is 23.3. The fourth-order valence-corrected chi connectivity index (χ4v) is 8.80. The van der Waals surface area contributed by atoms with E-state index >= 15 is 0 Å². The van der Waals surface area contributed by atoms with Crippen LogP contribution in [0.4, 0.5) is 4.39 Å². The summed E-state index contributed by atoms with van der Waals surface area (Å²) >= 11 is 0. The highest BCUT2D eigenvalue weighted by molar-refractivity contribution is 5.75. The first-order valence-electron chi connectivity index (χ1n) is 15.4. The molecule has 0 unspecified atom stereocenters. The molecule has 1 saturated carbocycles. The number of nitrogens with zero attached hydrogens (tertiary/aromatic N) is 4. The van der Waals surface area contributed by atoms with Crippen LogP contribution in [0.3, 0.4) is 0 Å². The normalized spacial score (nSPS) is 30.7. The number of carboxylic acids is 1. The molecule has 3 aliphatic heterocycles. The molecule has 3 aromatic rings. The number of hydrogen-bond acceptors (Lipinski definition) is 4. The van der Waals surface area contributed by atoms with Crippen LogP contribution in [0.25, 0.3) is 11.0 Å². The van der Waals surface area contributed by atoms with Gasteiger partial charge in [-0.05, 0) is 74.3 Å². The van der Waals surface area contributed by atoms with Gasteiger partial charge in [0.1, 0.15) is 5.82 Å². The molecule has 0 radical (unpaired) electrons. The number of aromatic nitrogens is 2. The average molecular weight is 545 g/mol. The molecule has 6 nitrogen and oxygen atoms in total. The van der Waals surface area contributed by atoms with E-state index in [2.05, 4.69) is 49.7 Å². The Morgan fingerprint density at radius 1 is 0.975 bits per heavy atom. The van der Waals surface area contributed by atoms with E-state index in [-0.39, 0.29) is 11.7 Å². The Balaban J connectivity index is 1.10. The number of imidazole rings is 1. The third-order valence-electron chi connectivity index (χ3n) is 10.8. The van der Waals surface area contributed by atoms with Crippen LogP contribution in [0.2, 0.25) is 0 Å². The lowest BCUT2D eigenvalue weighted by atomic mass is 9.73. The number of aliphatic carboxylic acids is 1. The number of rotatable bonds is 7. The van der Waals surface area contributed by atoms with Gasteiger partial charge in [0.05, 0.1) is 22.8 Å². The number of fused-ring (bicyclic) bond motifs is 3. The minimum absolute atomic E-state index is 0.183. The van der Waals surface area contributed by atoms with E-state index in [4.69, 9.17) is 0 Å². The molecule has 1 N–H and O–H groups in total. The fourth-order valence-electron chi connectivity index (χ4n) is 8.80. The van der Waals surface area contributed by atoms with E-state index in [1.165, 1.54) is 24.4 Å². The van der Waals surface area contributed by atoms with Gasteiger partial charge in [-0.1, -0.05) is 43.5 Å². The standard InChI is InChI=1S/C33H41FN4O2/c34-25-8-6-7-23(15-25)29-20-36(21-33(32(39)40)13-4-1-5-14-33)18-24(29)19-37-26-11-12-27(37)17-28(16-26)38-22-35-30-9-2-3-10-31(30)38/h2-3,6-10,15,22,24,26-29H,1,4-5,11-14,16-21H2,(H,39,40)/t24-,26-,27+,28+,29-/m1/s1. The summed E-state index contributed by atoms with van der Waals surface area (Å²) in [4.78, 5) is 22.3. The van der Waals surface area contributed by atoms with Crippen LogP contribution in [0, 0.1) is 17.2 Å². The molecule has 4 heterocycles. The second-order valence-electron chi connectivity index (χ2n) is 13.1. The SMILES string of the molecule is O=C(O)C1(CN2C[C@H](CN3[C@@H]4CC[C@H]3C[C@@H](n3cnc5ccccc53)C4)[C@@H](c3cccc(F)c3)C2)CCCCC1. The van der Waals surface area contributed by atoms with Gasteiger partial charge in [-0.25, -0.2) is 9.37 Å². The third kappa shape index (κ3) is 4.75. The summed E-state index contributed by atoms with van der Waals surface area (Å²) in [6, 6.07) is 17.1.